The highest BCUT2D eigenvalue weighted by molar-refractivity contribution is 4.90. The van der Waals surface area contributed by atoms with E-state index in [0.29, 0.717) is 0 Å². The van der Waals surface area contributed by atoms with Gasteiger partial charge in [0.1, 0.15) is 0 Å². The first kappa shape index (κ1) is 16.4. The normalized spacial score (nSPS) is 19.5. The first-order valence-corrected chi connectivity index (χ1v) is 7.38. The summed E-state index contributed by atoms with van der Waals surface area (Å²) in [5, 5.41) is 12.2. The van der Waals surface area contributed by atoms with Crippen molar-refractivity contribution in [3.05, 3.63) is 0 Å². The summed E-state index contributed by atoms with van der Waals surface area (Å²) in [7, 11) is 4.25. The van der Waals surface area contributed by atoms with Crippen LogP contribution in [0, 0.1) is 11.3 Å². The summed E-state index contributed by atoms with van der Waals surface area (Å²) >= 11 is 0. The topological polar surface area (TPSA) is 45.5 Å². The van der Waals surface area contributed by atoms with Gasteiger partial charge in [-0.2, -0.15) is 5.26 Å². The zero-order chi connectivity index (χ0) is 14.1. The lowest BCUT2D eigenvalue weighted by Gasteiger charge is -2.35. The van der Waals surface area contributed by atoms with E-state index in [1.807, 2.05) is 6.92 Å². The molecular formula is C14H29N5. The minimum atomic E-state index is 0.0109. The van der Waals surface area contributed by atoms with Crippen molar-refractivity contribution >= 4 is 0 Å². The van der Waals surface area contributed by atoms with Crippen LogP contribution in [-0.4, -0.2) is 87.2 Å². The third-order valence-electron chi connectivity index (χ3n) is 3.67. The molecule has 1 aliphatic rings. The van der Waals surface area contributed by atoms with Crippen LogP contribution in [0.25, 0.3) is 0 Å². The van der Waals surface area contributed by atoms with E-state index in [9.17, 15) is 0 Å². The molecule has 1 atom stereocenters. The van der Waals surface area contributed by atoms with E-state index in [-0.39, 0.29) is 6.04 Å². The maximum Gasteiger partial charge on any atom is 0.0965 e. The van der Waals surface area contributed by atoms with Crippen LogP contribution >= 0.6 is 0 Å². The Hall–Kier alpha value is -0.670. The summed E-state index contributed by atoms with van der Waals surface area (Å²) in [5.74, 6) is 0. The predicted octanol–water partition coefficient (Wildman–Crippen LogP) is 0.0574. The van der Waals surface area contributed by atoms with E-state index >= 15 is 0 Å². The molecule has 0 aromatic heterocycles. The molecule has 0 spiro atoms. The number of piperazine rings is 1. The van der Waals surface area contributed by atoms with Crippen LogP contribution in [0.2, 0.25) is 0 Å². The van der Waals surface area contributed by atoms with Gasteiger partial charge in [-0.3, -0.25) is 4.90 Å². The molecule has 0 aromatic carbocycles. The molecule has 1 aliphatic heterocycles. The molecule has 5 heteroatoms. The van der Waals surface area contributed by atoms with Gasteiger partial charge in [0, 0.05) is 45.8 Å². The van der Waals surface area contributed by atoms with E-state index < -0.39 is 0 Å². The smallest absolute Gasteiger partial charge is 0.0965 e. The average molecular weight is 267 g/mol. The first-order valence-electron chi connectivity index (χ1n) is 7.38. The monoisotopic (exact) mass is 267 g/mol. The molecule has 0 amide bonds. The molecule has 0 radical (unpaired) electrons. The number of likely N-dealkylation sites (N-methyl/N-ethyl adjacent to an activating group) is 1. The van der Waals surface area contributed by atoms with E-state index in [1.165, 1.54) is 6.54 Å². The molecule has 1 heterocycles. The molecule has 0 aliphatic carbocycles. The van der Waals surface area contributed by atoms with Crippen LogP contribution in [0.15, 0.2) is 0 Å². The van der Waals surface area contributed by atoms with Gasteiger partial charge >= 0.3 is 0 Å². The standard InChI is InChI=1S/C14H29N5/c1-4-16-14(13-15)5-6-18-9-11-19(12-10-18)8-7-17(2)3/h14,16H,4-12H2,1-3H3. The van der Waals surface area contributed by atoms with Crippen LogP contribution in [0.1, 0.15) is 13.3 Å². The maximum absolute atomic E-state index is 9.01. The first-order chi connectivity index (χ1) is 9.15. The SMILES string of the molecule is CCNC(C#N)CCN1CCN(CCN(C)C)CC1. The highest BCUT2D eigenvalue weighted by atomic mass is 15.3. The van der Waals surface area contributed by atoms with Gasteiger partial charge in [-0.05, 0) is 27.1 Å². The minimum Gasteiger partial charge on any atom is -0.308 e. The summed E-state index contributed by atoms with van der Waals surface area (Å²) < 4.78 is 0. The predicted molar refractivity (Wildman–Crippen MR) is 79.1 cm³/mol. The van der Waals surface area contributed by atoms with Crippen LogP contribution in [0.5, 0.6) is 0 Å². The van der Waals surface area contributed by atoms with Crippen LogP contribution in [-0.2, 0) is 0 Å². The number of rotatable bonds is 8. The number of nitriles is 1. The summed E-state index contributed by atoms with van der Waals surface area (Å²) in [6.07, 6.45) is 0.933. The largest absolute Gasteiger partial charge is 0.308 e. The summed E-state index contributed by atoms with van der Waals surface area (Å²) in [6, 6.07) is 2.34. The molecule has 1 rings (SSSR count). The van der Waals surface area contributed by atoms with Gasteiger partial charge in [-0.15, -0.1) is 0 Å². The number of nitrogens with zero attached hydrogens (tertiary/aromatic N) is 4. The Morgan fingerprint density at radius 1 is 1.16 bits per heavy atom. The van der Waals surface area contributed by atoms with Gasteiger partial charge < -0.3 is 15.1 Å². The van der Waals surface area contributed by atoms with Gasteiger partial charge in [0.2, 0.25) is 0 Å². The van der Waals surface area contributed by atoms with Crippen molar-refractivity contribution in [2.75, 3.05) is 66.5 Å². The molecule has 1 N–H and O–H groups in total. The Balaban J connectivity index is 2.14. The van der Waals surface area contributed by atoms with Crippen LogP contribution in [0.4, 0.5) is 0 Å². The van der Waals surface area contributed by atoms with Crippen molar-refractivity contribution in [1.29, 1.82) is 5.26 Å². The van der Waals surface area contributed by atoms with Gasteiger partial charge in [-0.25, -0.2) is 0 Å². The zero-order valence-electron chi connectivity index (χ0n) is 12.7. The Morgan fingerprint density at radius 3 is 2.21 bits per heavy atom. The third kappa shape index (κ3) is 6.88. The van der Waals surface area contributed by atoms with Crippen LogP contribution in [0.3, 0.4) is 0 Å². The molecule has 0 saturated carbocycles. The van der Waals surface area contributed by atoms with E-state index in [4.69, 9.17) is 5.26 Å². The highest BCUT2D eigenvalue weighted by Crippen LogP contribution is 2.03. The molecule has 1 unspecified atom stereocenters. The molecule has 1 fully saturated rings. The average Bonchev–Trinajstić information content (AvgIpc) is 2.42. The Morgan fingerprint density at radius 2 is 1.74 bits per heavy atom. The zero-order valence-corrected chi connectivity index (χ0v) is 12.7. The van der Waals surface area contributed by atoms with Crippen molar-refractivity contribution in [2.24, 2.45) is 0 Å². The van der Waals surface area contributed by atoms with Crippen molar-refractivity contribution < 1.29 is 0 Å². The Kier molecular flexibility index (Phi) is 7.99. The summed E-state index contributed by atoms with van der Waals surface area (Å²) in [6.45, 7) is 10.8. The number of hydrogen-bond donors (Lipinski definition) is 1. The van der Waals surface area contributed by atoms with E-state index in [2.05, 4.69) is 40.2 Å². The highest BCUT2D eigenvalue weighted by Gasteiger charge is 2.17. The second-order valence-electron chi connectivity index (χ2n) is 5.51. The fraction of sp³-hybridized carbons (Fsp3) is 0.929. The Labute approximate surface area is 118 Å². The maximum atomic E-state index is 9.01. The number of hydrogen-bond acceptors (Lipinski definition) is 5. The second-order valence-corrected chi connectivity index (χ2v) is 5.51. The van der Waals surface area contributed by atoms with Crippen molar-refractivity contribution in [1.82, 2.24) is 20.0 Å². The summed E-state index contributed by atoms with van der Waals surface area (Å²) in [5.41, 5.74) is 0. The molecule has 0 aromatic rings. The fourth-order valence-corrected chi connectivity index (χ4v) is 2.35. The van der Waals surface area contributed by atoms with E-state index in [1.54, 1.807) is 0 Å². The third-order valence-corrected chi connectivity index (χ3v) is 3.67. The van der Waals surface area contributed by atoms with Gasteiger partial charge in [0.25, 0.3) is 0 Å². The van der Waals surface area contributed by atoms with Gasteiger partial charge in [0.15, 0.2) is 0 Å². The Bertz CT molecular complexity index is 266. The second kappa shape index (κ2) is 9.27. The van der Waals surface area contributed by atoms with E-state index in [0.717, 1.165) is 52.2 Å². The molecular weight excluding hydrogens is 238 g/mol. The molecule has 0 bridgehead atoms. The number of nitrogens with one attached hydrogen (secondary N) is 1. The summed E-state index contributed by atoms with van der Waals surface area (Å²) in [4.78, 5) is 7.25. The van der Waals surface area contributed by atoms with Crippen molar-refractivity contribution in [3.63, 3.8) is 0 Å². The lowest BCUT2D eigenvalue weighted by Crippen LogP contribution is -2.48. The van der Waals surface area contributed by atoms with Gasteiger partial charge in [0.05, 0.1) is 12.1 Å². The molecule has 19 heavy (non-hydrogen) atoms. The fourth-order valence-electron chi connectivity index (χ4n) is 2.35. The molecule has 5 nitrogen and oxygen atoms in total. The van der Waals surface area contributed by atoms with Gasteiger partial charge in [-0.1, -0.05) is 6.92 Å². The molecule has 110 valence electrons. The lowest BCUT2D eigenvalue weighted by molar-refractivity contribution is 0.123. The van der Waals surface area contributed by atoms with Crippen molar-refractivity contribution in [3.8, 4) is 6.07 Å². The van der Waals surface area contributed by atoms with Crippen LogP contribution < -0.4 is 5.32 Å². The van der Waals surface area contributed by atoms with Crippen molar-refractivity contribution in [2.45, 2.75) is 19.4 Å². The lowest BCUT2D eigenvalue weighted by atomic mass is 10.2. The minimum absolute atomic E-state index is 0.0109. The quantitative estimate of drug-likeness (QED) is 0.674. The molecule has 1 saturated heterocycles.